The monoisotopic (exact) mass is 395 g/mol. The van der Waals surface area contributed by atoms with Gasteiger partial charge in [-0.2, -0.15) is 4.80 Å². The van der Waals surface area contributed by atoms with E-state index in [1.54, 1.807) is 17.0 Å². The van der Waals surface area contributed by atoms with Crippen LogP contribution < -0.4 is 0 Å². The van der Waals surface area contributed by atoms with E-state index >= 15 is 0 Å². The molecule has 0 aliphatic heterocycles. The number of aromatic nitrogens is 4. The third-order valence-electron chi connectivity index (χ3n) is 3.52. The predicted octanol–water partition coefficient (Wildman–Crippen LogP) is 3.76. The maximum atomic E-state index is 12.5. The van der Waals surface area contributed by atoms with E-state index in [-0.39, 0.29) is 12.5 Å². The summed E-state index contributed by atoms with van der Waals surface area (Å²) in [6.07, 6.45) is 0. The Bertz CT molecular complexity index is 879. The smallest absolute Gasteiger partial charge is 0.246 e. The number of likely N-dealkylation sites (N-methyl/N-ethyl adjacent to an activating group) is 1. The summed E-state index contributed by atoms with van der Waals surface area (Å²) >= 11 is 13.4. The first kappa shape index (κ1) is 17.8. The minimum Gasteiger partial charge on any atom is -0.336 e. The van der Waals surface area contributed by atoms with E-state index in [9.17, 15) is 4.79 Å². The SMILES string of the molecule is CCN(Cc1ccc(Cl)s1)C(=O)Cn1nnc(-c2cccc(Cl)c2)n1. The molecule has 1 amide bonds. The zero-order chi connectivity index (χ0) is 17.8. The lowest BCUT2D eigenvalue weighted by Gasteiger charge is -2.19. The second-order valence-electron chi connectivity index (χ2n) is 5.27. The van der Waals surface area contributed by atoms with Crippen molar-refractivity contribution < 1.29 is 4.79 Å². The van der Waals surface area contributed by atoms with Crippen LogP contribution in [0.3, 0.4) is 0 Å². The van der Waals surface area contributed by atoms with Gasteiger partial charge < -0.3 is 4.90 Å². The van der Waals surface area contributed by atoms with Gasteiger partial charge in [0.05, 0.1) is 10.9 Å². The summed E-state index contributed by atoms with van der Waals surface area (Å²) < 4.78 is 0.711. The quantitative estimate of drug-likeness (QED) is 0.637. The summed E-state index contributed by atoms with van der Waals surface area (Å²) in [5, 5.41) is 12.8. The van der Waals surface area contributed by atoms with Crippen molar-refractivity contribution in [2.75, 3.05) is 6.54 Å². The second-order valence-corrected chi connectivity index (χ2v) is 7.50. The molecule has 0 N–H and O–H groups in total. The molecule has 3 aromatic rings. The van der Waals surface area contributed by atoms with Gasteiger partial charge in [0, 0.05) is 22.0 Å². The lowest BCUT2D eigenvalue weighted by molar-refractivity contribution is -0.132. The number of tetrazole rings is 1. The molecule has 25 heavy (non-hydrogen) atoms. The number of halogens is 2. The van der Waals surface area contributed by atoms with Gasteiger partial charge in [-0.25, -0.2) is 0 Å². The Morgan fingerprint density at radius 3 is 2.80 bits per heavy atom. The Morgan fingerprint density at radius 1 is 1.28 bits per heavy atom. The van der Waals surface area contributed by atoms with Crippen LogP contribution in [0.25, 0.3) is 11.4 Å². The first-order chi connectivity index (χ1) is 12.0. The number of hydrogen-bond donors (Lipinski definition) is 0. The molecule has 0 spiro atoms. The summed E-state index contributed by atoms with van der Waals surface area (Å²) in [5.41, 5.74) is 0.756. The molecule has 0 atom stereocenters. The Kier molecular flexibility index (Phi) is 5.67. The average Bonchev–Trinajstić information content (AvgIpc) is 3.21. The van der Waals surface area contributed by atoms with Crippen molar-refractivity contribution in [1.82, 2.24) is 25.1 Å². The summed E-state index contributed by atoms with van der Waals surface area (Å²) in [4.78, 5) is 16.6. The second kappa shape index (κ2) is 7.95. The Hall–Kier alpha value is -1.96. The maximum Gasteiger partial charge on any atom is 0.246 e. The molecule has 0 aliphatic rings. The van der Waals surface area contributed by atoms with Gasteiger partial charge >= 0.3 is 0 Å². The van der Waals surface area contributed by atoms with Crippen LogP contribution in [0.1, 0.15) is 11.8 Å². The molecule has 0 bridgehead atoms. The van der Waals surface area contributed by atoms with E-state index in [0.717, 1.165) is 10.4 Å². The predicted molar refractivity (Wildman–Crippen MR) is 98.7 cm³/mol. The Morgan fingerprint density at radius 2 is 2.12 bits per heavy atom. The topological polar surface area (TPSA) is 63.9 Å². The van der Waals surface area contributed by atoms with Gasteiger partial charge in [0.25, 0.3) is 0 Å². The van der Waals surface area contributed by atoms with Crippen molar-refractivity contribution in [2.24, 2.45) is 0 Å². The molecule has 0 unspecified atom stereocenters. The van der Waals surface area contributed by atoms with Gasteiger partial charge in [0.2, 0.25) is 11.7 Å². The largest absolute Gasteiger partial charge is 0.336 e. The van der Waals surface area contributed by atoms with Gasteiger partial charge in [0.15, 0.2) is 0 Å². The van der Waals surface area contributed by atoms with Crippen LogP contribution in [0.4, 0.5) is 0 Å². The minimum absolute atomic E-state index is 0.0283. The highest BCUT2D eigenvalue weighted by atomic mass is 35.5. The molecule has 3 rings (SSSR count). The number of carbonyl (C=O) groups is 1. The van der Waals surface area contributed by atoms with Crippen molar-refractivity contribution in [1.29, 1.82) is 0 Å². The van der Waals surface area contributed by atoms with Crippen molar-refractivity contribution >= 4 is 40.4 Å². The van der Waals surface area contributed by atoms with Crippen LogP contribution in [0.5, 0.6) is 0 Å². The number of thiophene rings is 1. The fourth-order valence-corrected chi connectivity index (χ4v) is 3.57. The fourth-order valence-electron chi connectivity index (χ4n) is 2.28. The standard InChI is InChI=1S/C16H15Cl2N5OS/c1-2-22(9-13-6-7-14(18)25-13)15(24)10-23-20-16(19-21-23)11-4-3-5-12(17)8-11/h3-8H,2,9-10H2,1H3. The normalized spacial score (nSPS) is 10.8. The lowest BCUT2D eigenvalue weighted by atomic mass is 10.2. The van der Waals surface area contributed by atoms with Crippen LogP contribution in [-0.4, -0.2) is 37.6 Å². The lowest BCUT2D eigenvalue weighted by Crippen LogP contribution is -2.33. The van der Waals surface area contributed by atoms with Crippen molar-refractivity contribution in [3.05, 3.63) is 50.6 Å². The number of amides is 1. The van der Waals surface area contributed by atoms with E-state index in [0.29, 0.717) is 28.3 Å². The van der Waals surface area contributed by atoms with Gasteiger partial charge in [0.1, 0.15) is 6.54 Å². The molecule has 0 saturated heterocycles. The van der Waals surface area contributed by atoms with Crippen LogP contribution >= 0.6 is 34.5 Å². The summed E-state index contributed by atoms with van der Waals surface area (Å²) in [6.45, 7) is 3.06. The molecule has 2 heterocycles. The molecular formula is C16H15Cl2N5OS. The fraction of sp³-hybridized carbons (Fsp3) is 0.250. The summed E-state index contributed by atoms with van der Waals surface area (Å²) in [5.74, 6) is 0.352. The zero-order valence-corrected chi connectivity index (χ0v) is 15.7. The van der Waals surface area contributed by atoms with E-state index in [2.05, 4.69) is 15.4 Å². The minimum atomic E-state index is -0.0814. The molecule has 1 aromatic carbocycles. The van der Waals surface area contributed by atoms with Gasteiger partial charge in [-0.05, 0) is 36.4 Å². The van der Waals surface area contributed by atoms with Crippen molar-refractivity contribution in [3.63, 3.8) is 0 Å². The van der Waals surface area contributed by atoms with Gasteiger partial charge in [-0.1, -0.05) is 35.3 Å². The number of carbonyl (C=O) groups excluding carboxylic acids is 1. The molecule has 0 radical (unpaired) electrons. The first-order valence-electron chi connectivity index (χ1n) is 7.61. The molecule has 0 saturated carbocycles. The van der Waals surface area contributed by atoms with Gasteiger partial charge in [-0.15, -0.1) is 21.5 Å². The van der Waals surface area contributed by atoms with Crippen molar-refractivity contribution in [3.8, 4) is 11.4 Å². The Balaban J connectivity index is 1.67. The van der Waals surface area contributed by atoms with E-state index in [4.69, 9.17) is 23.2 Å². The van der Waals surface area contributed by atoms with E-state index in [1.807, 2.05) is 31.2 Å². The van der Waals surface area contributed by atoms with Crippen LogP contribution in [0.15, 0.2) is 36.4 Å². The summed E-state index contributed by atoms with van der Waals surface area (Å²) in [7, 11) is 0. The van der Waals surface area contributed by atoms with E-state index < -0.39 is 0 Å². The third kappa shape index (κ3) is 4.56. The highest BCUT2D eigenvalue weighted by Crippen LogP contribution is 2.23. The molecular weight excluding hydrogens is 381 g/mol. The third-order valence-corrected chi connectivity index (χ3v) is 4.97. The first-order valence-corrected chi connectivity index (χ1v) is 9.18. The molecule has 0 fully saturated rings. The van der Waals surface area contributed by atoms with Crippen LogP contribution in [0.2, 0.25) is 9.36 Å². The highest BCUT2D eigenvalue weighted by Gasteiger charge is 2.16. The number of hydrogen-bond acceptors (Lipinski definition) is 5. The van der Waals surface area contributed by atoms with Crippen molar-refractivity contribution in [2.45, 2.75) is 20.0 Å². The molecule has 9 heteroatoms. The highest BCUT2D eigenvalue weighted by molar-refractivity contribution is 7.16. The van der Waals surface area contributed by atoms with Gasteiger partial charge in [-0.3, -0.25) is 4.79 Å². The number of benzene rings is 1. The maximum absolute atomic E-state index is 12.5. The van der Waals surface area contributed by atoms with Crippen LogP contribution in [0, 0.1) is 0 Å². The zero-order valence-electron chi connectivity index (χ0n) is 13.4. The molecule has 2 aromatic heterocycles. The molecule has 6 nitrogen and oxygen atoms in total. The summed E-state index contributed by atoms with van der Waals surface area (Å²) in [6, 6.07) is 10.9. The Labute approximate surface area is 159 Å². The average molecular weight is 396 g/mol. The van der Waals surface area contributed by atoms with Crippen LogP contribution in [-0.2, 0) is 17.9 Å². The number of rotatable bonds is 6. The molecule has 130 valence electrons. The number of nitrogens with zero attached hydrogens (tertiary/aromatic N) is 5. The van der Waals surface area contributed by atoms with E-state index in [1.165, 1.54) is 16.1 Å². The molecule has 0 aliphatic carbocycles.